The van der Waals surface area contributed by atoms with Gasteiger partial charge in [0, 0.05) is 18.6 Å². The van der Waals surface area contributed by atoms with Gasteiger partial charge < -0.3 is 10.2 Å². The highest BCUT2D eigenvalue weighted by Gasteiger charge is 2.35. The summed E-state index contributed by atoms with van der Waals surface area (Å²) in [7, 11) is -3.09. The number of amides is 2. The van der Waals surface area contributed by atoms with E-state index in [4.69, 9.17) is 11.6 Å². The molecule has 39 heavy (non-hydrogen) atoms. The molecule has 0 saturated carbocycles. The molecule has 1 N–H and O–H groups in total. The fourth-order valence-corrected chi connectivity index (χ4v) is 5.60. The van der Waals surface area contributed by atoms with E-state index in [0.717, 1.165) is 12.1 Å². The van der Waals surface area contributed by atoms with Crippen LogP contribution in [0, 0.1) is 0 Å². The van der Waals surface area contributed by atoms with Crippen LogP contribution in [0.4, 0.5) is 18.9 Å². The van der Waals surface area contributed by atoms with Gasteiger partial charge >= 0.3 is 6.18 Å². The van der Waals surface area contributed by atoms with Gasteiger partial charge in [-0.15, -0.1) is 0 Å². The van der Waals surface area contributed by atoms with Crippen molar-refractivity contribution in [2.24, 2.45) is 0 Å². The van der Waals surface area contributed by atoms with Crippen molar-refractivity contribution in [2.75, 3.05) is 17.9 Å². The van der Waals surface area contributed by atoms with E-state index in [-0.39, 0.29) is 23.5 Å². The number of carbonyl (C=O) groups excluding carboxylic acids is 2. The topological polar surface area (TPSA) is 86.8 Å². The molecular formula is C27H27ClF3N3O4S. The number of sulfonamides is 1. The van der Waals surface area contributed by atoms with Gasteiger partial charge in [0.1, 0.15) is 12.6 Å². The Hall–Kier alpha value is -3.57. The Labute approximate surface area is 230 Å². The molecule has 0 radical (unpaired) electrons. The molecule has 0 unspecified atom stereocenters. The van der Waals surface area contributed by atoms with Gasteiger partial charge in [-0.25, -0.2) is 8.42 Å². The predicted molar refractivity (Wildman–Crippen MR) is 143 cm³/mol. The molecule has 0 aliphatic carbocycles. The van der Waals surface area contributed by atoms with Crippen LogP contribution in [0.5, 0.6) is 0 Å². The van der Waals surface area contributed by atoms with Gasteiger partial charge in [0.15, 0.2) is 0 Å². The first-order valence-corrected chi connectivity index (χ1v) is 13.7. The Kier molecular flexibility index (Phi) is 9.63. The van der Waals surface area contributed by atoms with E-state index in [1.165, 1.54) is 42.3 Å². The summed E-state index contributed by atoms with van der Waals surface area (Å²) in [6.45, 7) is 0.681. The van der Waals surface area contributed by atoms with Crippen LogP contribution < -0.4 is 9.62 Å². The monoisotopic (exact) mass is 581 g/mol. The van der Waals surface area contributed by atoms with E-state index >= 15 is 0 Å². The van der Waals surface area contributed by atoms with Crippen molar-refractivity contribution in [1.82, 2.24) is 10.2 Å². The summed E-state index contributed by atoms with van der Waals surface area (Å²) < 4.78 is 68.5. The van der Waals surface area contributed by atoms with Gasteiger partial charge in [-0.05, 0) is 48.4 Å². The molecule has 3 aromatic rings. The number of hydrogen-bond acceptors (Lipinski definition) is 4. The number of nitrogens with one attached hydrogen (secondary N) is 1. The number of anilines is 1. The second-order valence-corrected chi connectivity index (χ2v) is 10.8. The van der Waals surface area contributed by atoms with E-state index in [9.17, 15) is 31.2 Å². The van der Waals surface area contributed by atoms with Crippen molar-refractivity contribution in [3.05, 3.63) is 95.0 Å². The lowest BCUT2D eigenvalue weighted by Crippen LogP contribution is -2.51. The third kappa shape index (κ3) is 7.10. The molecule has 3 rings (SSSR count). The van der Waals surface area contributed by atoms with Crippen LogP contribution in [0.2, 0.25) is 5.02 Å². The summed E-state index contributed by atoms with van der Waals surface area (Å²) >= 11 is 6.30. The normalized spacial score (nSPS) is 12.5. The maximum Gasteiger partial charge on any atom is 0.416 e. The van der Waals surface area contributed by atoms with Crippen molar-refractivity contribution in [3.63, 3.8) is 0 Å². The molecule has 0 spiro atoms. The van der Waals surface area contributed by atoms with Gasteiger partial charge in [0.2, 0.25) is 11.8 Å². The minimum Gasteiger partial charge on any atom is -0.357 e. The van der Waals surface area contributed by atoms with Crippen molar-refractivity contribution in [2.45, 2.75) is 37.0 Å². The van der Waals surface area contributed by atoms with Crippen molar-refractivity contribution < 1.29 is 31.2 Å². The first kappa shape index (κ1) is 30.0. The summed E-state index contributed by atoms with van der Waals surface area (Å²) in [5.74, 6) is -1.29. The standard InChI is InChI=1S/C27H27ClF3N3O4S/c1-3-24(26(36)32-2)33(17-19-10-7-8-15-23(19)28)25(35)18-34(39(37,38)22-13-5-4-6-14-22)21-12-9-11-20(16-21)27(29,30)31/h4-16,24H,3,17-18H2,1-2H3,(H,32,36)/t24-/m1/s1. The highest BCUT2D eigenvalue weighted by atomic mass is 35.5. The van der Waals surface area contributed by atoms with Crippen molar-refractivity contribution >= 4 is 39.1 Å². The number of likely N-dealkylation sites (N-methyl/N-ethyl adjacent to an activating group) is 1. The minimum atomic E-state index is -4.75. The first-order valence-electron chi connectivity index (χ1n) is 11.9. The van der Waals surface area contributed by atoms with Crippen LogP contribution in [0.15, 0.2) is 83.8 Å². The lowest BCUT2D eigenvalue weighted by atomic mass is 10.1. The minimum absolute atomic E-state index is 0.133. The maximum absolute atomic E-state index is 13.8. The van der Waals surface area contributed by atoms with Crippen LogP contribution >= 0.6 is 11.6 Å². The zero-order chi connectivity index (χ0) is 28.8. The van der Waals surface area contributed by atoms with Gasteiger partial charge in [-0.1, -0.05) is 61.0 Å². The third-order valence-corrected chi connectivity index (χ3v) is 8.16. The SMILES string of the molecule is CC[C@H](C(=O)NC)N(Cc1ccccc1Cl)C(=O)CN(c1cccc(C(F)(F)F)c1)S(=O)(=O)c1ccccc1. The first-order chi connectivity index (χ1) is 18.4. The van der Waals surface area contributed by atoms with E-state index < -0.39 is 46.2 Å². The Morgan fingerprint density at radius 3 is 2.21 bits per heavy atom. The smallest absolute Gasteiger partial charge is 0.357 e. The molecule has 7 nitrogen and oxygen atoms in total. The van der Waals surface area contributed by atoms with Crippen molar-refractivity contribution in [1.29, 1.82) is 0 Å². The molecule has 3 aromatic carbocycles. The highest BCUT2D eigenvalue weighted by Crippen LogP contribution is 2.33. The fraction of sp³-hybridized carbons (Fsp3) is 0.259. The molecule has 208 valence electrons. The van der Waals surface area contributed by atoms with E-state index in [2.05, 4.69) is 5.32 Å². The van der Waals surface area contributed by atoms with Crippen molar-refractivity contribution in [3.8, 4) is 0 Å². The molecule has 0 bridgehead atoms. The van der Waals surface area contributed by atoms with E-state index in [1.54, 1.807) is 37.3 Å². The number of halogens is 4. The summed E-state index contributed by atoms with van der Waals surface area (Å²) in [6.07, 6.45) is -4.56. The van der Waals surface area contributed by atoms with E-state index in [0.29, 0.717) is 21.0 Å². The number of alkyl halides is 3. The average Bonchev–Trinajstić information content (AvgIpc) is 2.92. The molecule has 12 heteroatoms. The number of carbonyl (C=O) groups is 2. The van der Waals surface area contributed by atoms with Gasteiger partial charge in [0.25, 0.3) is 10.0 Å². The average molecular weight is 582 g/mol. The summed E-state index contributed by atoms with van der Waals surface area (Å²) in [5.41, 5.74) is -0.926. The summed E-state index contributed by atoms with van der Waals surface area (Å²) in [6, 6.07) is 16.4. The lowest BCUT2D eigenvalue weighted by molar-refractivity contribution is -0.140. The quantitative estimate of drug-likeness (QED) is 0.361. The van der Waals surface area contributed by atoms with Gasteiger partial charge in [0.05, 0.1) is 16.1 Å². The molecule has 0 aliphatic rings. The van der Waals surface area contributed by atoms with Gasteiger partial charge in [-0.3, -0.25) is 13.9 Å². The molecule has 0 fully saturated rings. The van der Waals surface area contributed by atoms with Crippen LogP contribution in [0.3, 0.4) is 0 Å². The van der Waals surface area contributed by atoms with Crippen LogP contribution in [0.25, 0.3) is 0 Å². The number of rotatable bonds is 10. The Morgan fingerprint density at radius 2 is 1.62 bits per heavy atom. The molecule has 1 atom stereocenters. The van der Waals surface area contributed by atoms with E-state index in [1.807, 2.05) is 0 Å². The zero-order valence-electron chi connectivity index (χ0n) is 21.2. The largest absolute Gasteiger partial charge is 0.416 e. The maximum atomic E-state index is 13.8. The number of hydrogen-bond donors (Lipinski definition) is 1. The Morgan fingerprint density at radius 1 is 0.974 bits per heavy atom. The molecule has 2 amide bonds. The van der Waals surface area contributed by atoms with Crippen LogP contribution in [0.1, 0.15) is 24.5 Å². The second-order valence-electron chi connectivity index (χ2n) is 8.52. The lowest BCUT2D eigenvalue weighted by Gasteiger charge is -2.33. The number of benzene rings is 3. The highest BCUT2D eigenvalue weighted by molar-refractivity contribution is 7.92. The molecule has 0 saturated heterocycles. The molecule has 0 aliphatic heterocycles. The summed E-state index contributed by atoms with van der Waals surface area (Å²) in [5, 5.41) is 2.82. The number of nitrogens with zero attached hydrogens (tertiary/aromatic N) is 2. The third-order valence-electron chi connectivity index (χ3n) is 6.00. The van der Waals surface area contributed by atoms with Gasteiger partial charge in [-0.2, -0.15) is 13.2 Å². The Balaban J connectivity index is 2.12. The predicted octanol–water partition coefficient (Wildman–Crippen LogP) is 5.11. The molecular weight excluding hydrogens is 555 g/mol. The van der Waals surface area contributed by atoms with Crippen LogP contribution in [-0.2, 0) is 32.3 Å². The summed E-state index contributed by atoms with van der Waals surface area (Å²) in [4.78, 5) is 27.5. The zero-order valence-corrected chi connectivity index (χ0v) is 22.7. The molecule has 0 aromatic heterocycles. The fourth-order valence-electron chi connectivity index (χ4n) is 3.98. The second kappa shape index (κ2) is 12.5. The Bertz CT molecular complexity index is 1420. The molecule has 0 heterocycles. The van der Waals surface area contributed by atoms with Crippen LogP contribution in [-0.4, -0.2) is 44.8 Å².